The highest BCUT2D eigenvalue weighted by atomic mass is 35.5. The van der Waals surface area contributed by atoms with E-state index in [0.717, 1.165) is 10.5 Å². The van der Waals surface area contributed by atoms with Crippen molar-refractivity contribution >= 4 is 41.6 Å². The van der Waals surface area contributed by atoms with E-state index in [-0.39, 0.29) is 41.0 Å². The molecule has 3 aromatic rings. The molecule has 0 saturated carbocycles. The van der Waals surface area contributed by atoms with Crippen LogP contribution in [-0.2, 0) is 22.7 Å². The van der Waals surface area contributed by atoms with Gasteiger partial charge in [0.1, 0.15) is 23.8 Å². The molecule has 1 aromatic heterocycles. The van der Waals surface area contributed by atoms with Crippen LogP contribution < -0.4 is 10.1 Å². The van der Waals surface area contributed by atoms with Gasteiger partial charge in [-0.1, -0.05) is 29.8 Å². The van der Waals surface area contributed by atoms with Crippen molar-refractivity contribution in [2.45, 2.75) is 13.2 Å². The first-order valence-corrected chi connectivity index (χ1v) is 10.9. The highest BCUT2D eigenvalue weighted by Gasteiger charge is 2.34. The van der Waals surface area contributed by atoms with Gasteiger partial charge in [-0.15, -0.1) is 0 Å². The average Bonchev–Trinajstić information content (AvgIpc) is 3.43. The van der Waals surface area contributed by atoms with E-state index < -0.39 is 23.9 Å². The molecule has 184 valence electrons. The predicted molar refractivity (Wildman–Crippen MR) is 126 cm³/mol. The number of aromatic carboxylic acids is 1. The highest BCUT2D eigenvalue weighted by molar-refractivity contribution is 6.32. The second kappa shape index (κ2) is 10.4. The molecule has 0 radical (unpaired) electrons. The lowest BCUT2D eigenvalue weighted by atomic mass is 10.1. The summed E-state index contributed by atoms with van der Waals surface area (Å²) in [5.74, 6) is -1.66. The number of esters is 1. The smallest absolute Gasteiger partial charge is 0.373 e. The first-order chi connectivity index (χ1) is 17.2. The van der Waals surface area contributed by atoms with Gasteiger partial charge in [-0.05, 0) is 53.6 Å². The number of nitrogens with zero attached hydrogens (tertiary/aromatic N) is 1. The van der Waals surface area contributed by atoms with E-state index in [0.29, 0.717) is 11.3 Å². The number of amides is 3. The van der Waals surface area contributed by atoms with Crippen molar-refractivity contribution in [2.24, 2.45) is 0 Å². The van der Waals surface area contributed by atoms with Crippen molar-refractivity contribution in [2.75, 3.05) is 7.11 Å². The van der Waals surface area contributed by atoms with E-state index in [2.05, 4.69) is 10.1 Å². The number of carbonyl (C=O) groups is 4. The molecule has 2 aromatic carbocycles. The number of hydrogen-bond acceptors (Lipinski definition) is 7. The lowest BCUT2D eigenvalue weighted by molar-refractivity contribution is -0.123. The van der Waals surface area contributed by atoms with Crippen LogP contribution in [0.2, 0.25) is 5.02 Å². The Morgan fingerprint density at radius 2 is 1.86 bits per heavy atom. The fourth-order valence-corrected chi connectivity index (χ4v) is 3.58. The Labute approximate surface area is 209 Å². The number of carboxylic acid groups (broad SMARTS) is 1. The Morgan fingerprint density at radius 1 is 1.11 bits per heavy atom. The molecule has 1 aliphatic heterocycles. The number of benzene rings is 2. The van der Waals surface area contributed by atoms with Crippen LogP contribution in [0.15, 0.2) is 64.7 Å². The number of carboxylic acids is 1. The van der Waals surface area contributed by atoms with Gasteiger partial charge in [0.05, 0.1) is 24.2 Å². The third-order valence-corrected chi connectivity index (χ3v) is 5.48. The molecule has 1 saturated heterocycles. The Kier molecular flexibility index (Phi) is 7.07. The highest BCUT2D eigenvalue weighted by Crippen LogP contribution is 2.28. The normalized spacial score (nSPS) is 14.2. The van der Waals surface area contributed by atoms with E-state index in [1.54, 1.807) is 30.3 Å². The zero-order valence-electron chi connectivity index (χ0n) is 18.8. The van der Waals surface area contributed by atoms with Crippen LogP contribution in [-0.4, -0.2) is 41.0 Å². The van der Waals surface area contributed by atoms with Crippen molar-refractivity contribution in [3.05, 3.63) is 93.5 Å². The third kappa shape index (κ3) is 5.39. The molecule has 0 unspecified atom stereocenters. The number of methoxy groups -OCH3 is 1. The van der Waals surface area contributed by atoms with Crippen molar-refractivity contribution in [1.29, 1.82) is 0 Å². The van der Waals surface area contributed by atoms with E-state index in [4.69, 9.17) is 25.9 Å². The van der Waals surface area contributed by atoms with E-state index in [1.165, 1.54) is 37.5 Å². The van der Waals surface area contributed by atoms with Crippen LogP contribution in [0.5, 0.6) is 5.75 Å². The number of hydrogen-bond donors (Lipinski definition) is 2. The largest absolute Gasteiger partial charge is 0.487 e. The zero-order chi connectivity index (χ0) is 25.8. The molecule has 0 aliphatic carbocycles. The summed E-state index contributed by atoms with van der Waals surface area (Å²) in [7, 11) is 1.21. The second-order valence-electron chi connectivity index (χ2n) is 7.62. The Balaban J connectivity index is 1.41. The van der Waals surface area contributed by atoms with Crippen LogP contribution in [0.25, 0.3) is 6.08 Å². The maximum Gasteiger partial charge on any atom is 0.373 e. The molecule has 0 atom stereocenters. The number of urea groups is 1. The molecule has 2 heterocycles. The lowest BCUT2D eigenvalue weighted by Crippen LogP contribution is -2.30. The molecule has 10 nitrogen and oxygen atoms in total. The Bertz CT molecular complexity index is 1380. The van der Waals surface area contributed by atoms with Crippen LogP contribution >= 0.6 is 11.6 Å². The number of halogens is 1. The summed E-state index contributed by atoms with van der Waals surface area (Å²) in [5, 5.41) is 11.8. The first kappa shape index (κ1) is 24.6. The van der Waals surface area contributed by atoms with Gasteiger partial charge in [-0.25, -0.2) is 14.4 Å². The summed E-state index contributed by atoms with van der Waals surface area (Å²) >= 11 is 6.32. The van der Waals surface area contributed by atoms with Gasteiger partial charge in [-0.2, -0.15) is 0 Å². The van der Waals surface area contributed by atoms with E-state index >= 15 is 0 Å². The van der Waals surface area contributed by atoms with Gasteiger partial charge in [-0.3, -0.25) is 9.69 Å². The summed E-state index contributed by atoms with van der Waals surface area (Å²) in [4.78, 5) is 48.5. The SMILES string of the molecule is COC(=O)c1ccc(CN2C(=O)N/C(=C\c3ccc(OCc4ccc(C(=O)O)cc4)c(Cl)c3)C2=O)o1. The standard InChI is InChI=1S/C25H19ClN2O8/c1-34-24(32)21-9-7-17(36-21)12-28-22(29)19(27-25(28)33)11-15-4-8-20(18(26)10-15)35-13-14-2-5-16(6-3-14)23(30)31/h2-11H,12-13H2,1H3,(H,27,33)(H,30,31)/b19-11-. The second-order valence-corrected chi connectivity index (χ2v) is 8.02. The minimum absolute atomic E-state index is 0.0375. The molecule has 0 spiro atoms. The van der Waals surface area contributed by atoms with Crippen molar-refractivity contribution in [3.63, 3.8) is 0 Å². The van der Waals surface area contributed by atoms with Gasteiger partial charge < -0.3 is 24.3 Å². The minimum Gasteiger partial charge on any atom is -0.487 e. The summed E-state index contributed by atoms with van der Waals surface area (Å²) in [5.41, 5.74) is 1.53. The van der Waals surface area contributed by atoms with Gasteiger partial charge >= 0.3 is 18.0 Å². The molecule has 2 N–H and O–H groups in total. The number of nitrogens with one attached hydrogen (secondary N) is 1. The molecule has 0 bridgehead atoms. The monoisotopic (exact) mass is 510 g/mol. The number of imide groups is 1. The van der Waals surface area contributed by atoms with Crippen molar-refractivity contribution in [1.82, 2.24) is 10.2 Å². The molecule has 11 heteroatoms. The van der Waals surface area contributed by atoms with Crippen LogP contribution in [0.1, 0.15) is 37.8 Å². The topological polar surface area (TPSA) is 135 Å². The number of carbonyl (C=O) groups excluding carboxylic acids is 3. The molecule has 4 rings (SSSR count). The number of furan rings is 1. The van der Waals surface area contributed by atoms with Gasteiger partial charge in [0.15, 0.2) is 0 Å². The Morgan fingerprint density at radius 3 is 2.53 bits per heavy atom. The number of rotatable bonds is 8. The molecule has 1 fully saturated rings. The molecule has 36 heavy (non-hydrogen) atoms. The first-order valence-electron chi connectivity index (χ1n) is 10.5. The summed E-state index contributed by atoms with van der Waals surface area (Å²) < 4.78 is 15.6. The molecule has 3 amide bonds. The molecular weight excluding hydrogens is 492 g/mol. The zero-order valence-corrected chi connectivity index (χ0v) is 19.6. The molecular formula is C25H19ClN2O8. The third-order valence-electron chi connectivity index (χ3n) is 5.19. The fraction of sp³-hybridized carbons (Fsp3) is 0.120. The van der Waals surface area contributed by atoms with Gasteiger partial charge in [0.25, 0.3) is 5.91 Å². The van der Waals surface area contributed by atoms with Crippen molar-refractivity contribution in [3.8, 4) is 5.75 Å². The Hall–Kier alpha value is -4.57. The maximum absolute atomic E-state index is 12.7. The maximum atomic E-state index is 12.7. The van der Waals surface area contributed by atoms with Crippen molar-refractivity contribution < 1.29 is 38.2 Å². The van der Waals surface area contributed by atoms with Gasteiger partial charge in [0.2, 0.25) is 5.76 Å². The van der Waals surface area contributed by atoms with E-state index in [9.17, 15) is 19.2 Å². The summed E-state index contributed by atoms with van der Waals surface area (Å²) in [6, 6.07) is 13.4. The summed E-state index contributed by atoms with van der Waals surface area (Å²) in [6.45, 7) is 0.00795. The van der Waals surface area contributed by atoms with Crippen LogP contribution in [0, 0.1) is 0 Å². The lowest BCUT2D eigenvalue weighted by Gasteiger charge is -2.10. The predicted octanol–water partition coefficient (Wildman–Crippen LogP) is 4.09. The van der Waals surface area contributed by atoms with E-state index in [1.807, 2.05) is 0 Å². The van der Waals surface area contributed by atoms with Crippen LogP contribution in [0.4, 0.5) is 4.79 Å². The average molecular weight is 511 g/mol. The fourth-order valence-electron chi connectivity index (χ4n) is 3.34. The quantitative estimate of drug-likeness (QED) is 0.263. The molecule has 1 aliphatic rings. The van der Waals surface area contributed by atoms with Crippen LogP contribution in [0.3, 0.4) is 0 Å². The minimum atomic E-state index is -1.01. The van der Waals surface area contributed by atoms with Gasteiger partial charge in [0, 0.05) is 0 Å². The number of ether oxygens (including phenoxy) is 2. The summed E-state index contributed by atoms with van der Waals surface area (Å²) in [6.07, 6.45) is 1.47.